The van der Waals surface area contributed by atoms with E-state index in [2.05, 4.69) is 32.6 Å². The van der Waals surface area contributed by atoms with Gasteiger partial charge < -0.3 is 5.32 Å². The van der Waals surface area contributed by atoms with Gasteiger partial charge in [-0.25, -0.2) is 15.0 Å². The van der Waals surface area contributed by atoms with Crippen LogP contribution in [0.15, 0.2) is 11.7 Å². The van der Waals surface area contributed by atoms with Gasteiger partial charge in [0.2, 0.25) is 0 Å². The summed E-state index contributed by atoms with van der Waals surface area (Å²) in [5.74, 6) is 0.984. The Morgan fingerprint density at radius 3 is 3.00 bits per heavy atom. The Kier molecular flexibility index (Phi) is 2.99. The van der Waals surface area contributed by atoms with Crippen molar-refractivity contribution in [3.05, 3.63) is 33.7 Å². The number of anilines is 1. The van der Waals surface area contributed by atoms with Gasteiger partial charge in [-0.2, -0.15) is 0 Å². The zero-order valence-corrected chi connectivity index (χ0v) is 11.4. The van der Waals surface area contributed by atoms with Crippen LogP contribution in [0, 0.1) is 6.92 Å². The molecule has 18 heavy (non-hydrogen) atoms. The molecule has 94 valence electrons. The van der Waals surface area contributed by atoms with Crippen molar-refractivity contribution in [1.29, 1.82) is 0 Å². The molecular formula is C13H16N4S. The highest BCUT2D eigenvalue weighted by atomic mass is 32.1. The van der Waals surface area contributed by atoms with E-state index in [-0.39, 0.29) is 6.04 Å². The van der Waals surface area contributed by atoms with Crippen LogP contribution in [0.2, 0.25) is 0 Å². The molecule has 0 saturated carbocycles. The highest BCUT2D eigenvalue weighted by Gasteiger charge is 2.19. The van der Waals surface area contributed by atoms with Crippen molar-refractivity contribution in [3.8, 4) is 0 Å². The zero-order valence-electron chi connectivity index (χ0n) is 10.6. The summed E-state index contributed by atoms with van der Waals surface area (Å²) in [5.41, 5.74) is 3.57. The topological polar surface area (TPSA) is 50.7 Å². The van der Waals surface area contributed by atoms with E-state index in [0.29, 0.717) is 0 Å². The van der Waals surface area contributed by atoms with Gasteiger partial charge in [0.15, 0.2) is 0 Å². The monoisotopic (exact) mass is 260 g/mol. The third-order valence-corrected chi connectivity index (χ3v) is 4.38. The lowest BCUT2D eigenvalue weighted by atomic mass is 10.2. The van der Waals surface area contributed by atoms with Crippen LogP contribution in [0.1, 0.15) is 41.3 Å². The SMILES string of the molecule is Cc1csc(C(C)Nc2ncnc3c2CCC3)n1. The lowest BCUT2D eigenvalue weighted by Crippen LogP contribution is -2.10. The molecule has 3 rings (SSSR count). The molecule has 2 aromatic rings. The molecule has 1 unspecified atom stereocenters. The molecule has 0 spiro atoms. The van der Waals surface area contributed by atoms with Gasteiger partial charge in [0, 0.05) is 22.3 Å². The summed E-state index contributed by atoms with van der Waals surface area (Å²) in [5, 5.41) is 6.66. The predicted molar refractivity (Wildman–Crippen MR) is 72.9 cm³/mol. The molecule has 2 aromatic heterocycles. The maximum absolute atomic E-state index is 4.51. The molecule has 1 atom stereocenters. The van der Waals surface area contributed by atoms with Crippen LogP contribution in [0.25, 0.3) is 0 Å². The second-order valence-corrected chi connectivity index (χ2v) is 5.58. The van der Waals surface area contributed by atoms with Gasteiger partial charge >= 0.3 is 0 Å². The summed E-state index contributed by atoms with van der Waals surface area (Å²) in [6, 6.07) is 0.197. The average molecular weight is 260 g/mol. The van der Waals surface area contributed by atoms with Gasteiger partial charge in [-0.05, 0) is 33.1 Å². The van der Waals surface area contributed by atoms with E-state index in [0.717, 1.165) is 29.4 Å². The first kappa shape index (κ1) is 11.6. The van der Waals surface area contributed by atoms with Crippen molar-refractivity contribution >= 4 is 17.2 Å². The number of hydrogen-bond acceptors (Lipinski definition) is 5. The molecule has 0 aromatic carbocycles. The van der Waals surface area contributed by atoms with E-state index in [1.165, 1.54) is 17.7 Å². The quantitative estimate of drug-likeness (QED) is 0.922. The highest BCUT2D eigenvalue weighted by Crippen LogP contribution is 2.28. The number of aryl methyl sites for hydroxylation is 2. The van der Waals surface area contributed by atoms with Gasteiger partial charge in [-0.15, -0.1) is 11.3 Å². The number of fused-ring (bicyclic) bond motifs is 1. The van der Waals surface area contributed by atoms with Crippen molar-refractivity contribution in [3.63, 3.8) is 0 Å². The lowest BCUT2D eigenvalue weighted by molar-refractivity contribution is 0.846. The zero-order chi connectivity index (χ0) is 12.5. The molecule has 0 radical (unpaired) electrons. The standard InChI is InChI=1S/C13H16N4S/c1-8-6-18-13(16-8)9(2)17-12-10-4-3-5-11(10)14-7-15-12/h6-7,9H,3-5H2,1-2H3,(H,14,15,17). The molecular weight excluding hydrogens is 244 g/mol. The fourth-order valence-electron chi connectivity index (χ4n) is 2.32. The van der Waals surface area contributed by atoms with E-state index in [1.807, 2.05) is 6.92 Å². The Morgan fingerprint density at radius 2 is 2.22 bits per heavy atom. The van der Waals surface area contributed by atoms with Crippen LogP contribution in [0.5, 0.6) is 0 Å². The average Bonchev–Trinajstić information content (AvgIpc) is 2.97. The van der Waals surface area contributed by atoms with Crippen LogP contribution < -0.4 is 5.32 Å². The van der Waals surface area contributed by atoms with Crippen molar-refractivity contribution in [2.24, 2.45) is 0 Å². The minimum absolute atomic E-state index is 0.197. The molecule has 1 aliphatic rings. The van der Waals surface area contributed by atoms with Gasteiger partial charge in [0.05, 0.1) is 6.04 Å². The fraction of sp³-hybridized carbons (Fsp3) is 0.462. The lowest BCUT2D eigenvalue weighted by Gasteiger charge is -2.14. The molecule has 0 fully saturated rings. The van der Waals surface area contributed by atoms with Crippen molar-refractivity contribution in [2.45, 2.75) is 39.2 Å². The first-order chi connectivity index (χ1) is 8.74. The van der Waals surface area contributed by atoms with Crippen LogP contribution in [0.4, 0.5) is 5.82 Å². The number of aromatic nitrogens is 3. The number of thiazole rings is 1. The van der Waals surface area contributed by atoms with Crippen molar-refractivity contribution in [1.82, 2.24) is 15.0 Å². The molecule has 5 heteroatoms. The highest BCUT2D eigenvalue weighted by molar-refractivity contribution is 7.09. The Labute approximate surface area is 111 Å². The van der Waals surface area contributed by atoms with E-state index in [1.54, 1.807) is 17.7 Å². The maximum atomic E-state index is 4.51. The summed E-state index contributed by atoms with van der Waals surface area (Å²) in [4.78, 5) is 13.2. The van der Waals surface area contributed by atoms with Crippen LogP contribution in [0.3, 0.4) is 0 Å². The summed E-state index contributed by atoms with van der Waals surface area (Å²) < 4.78 is 0. The first-order valence-electron chi connectivity index (χ1n) is 6.25. The maximum Gasteiger partial charge on any atom is 0.133 e. The molecule has 0 aliphatic heterocycles. The van der Waals surface area contributed by atoms with Crippen LogP contribution in [-0.4, -0.2) is 15.0 Å². The smallest absolute Gasteiger partial charge is 0.133 e. The second kappa shape index (κ2) is 4.65. The molecule has 0 saturated heterocycles. The molecule has 2 heterocycles. The van der Waals surface area contributed by atoms with Gasteiger partial charge in [-0.1, -0.05) is 0 Å². The van der Waals surface area contributed by atoms with E-state index >= 15 is 0 Å². The number of rotatable bonds is 3. The molecule has 4 nitrogen and oxygen atoms in total. The number of hydrogen-bond donors (Lipinski definition) is 1. The third-order valence-electron chi connectivity index (χ3n) is 3.24. The predicted octanol–water partition coefficient (Wildman–Crippen LogP) is 2.90. The minimum atomic E-state index is 0.197. The Morgan fingerprint density at radius 1 is 1.33 bits per heavy atom. The van der Waals surface area contributed by atoms with Crippen LogP contribution >= 0.6 is 11.3 Å². The summed E-state index contributed by atoms with van der Waals surface area (Å²) in [6.07, 6.45) is 5.01. The molecule has 0 amide bonds. The van der Waals surface area contributed by atoms with Crippen LogP contribution in [-0.2, 0) is 12.8 Å². The van der Waals surface area contributed by atoms with Crippen molar-refractivity contribution < 1.29 is 0 Å². The molecule has 0 bridgehead atoms. The summed E-state index contributed by atoms with van der Waals surface area (Å²) >= 11 is 1.69. The number of nitrogens with one attached hydrogen (secondary N) is 1. The van der Waals surface area contributed by atoms with Gasteiger partial charge in [-0.3, -0.25) is 0 Å². The largest absolute Gasteiger partial charge is 0.361 e. The Hall–Kier alpha value is -1.49. The van der Waals surface area contributed by atoms with E-state index in [9.17, 15) is 0 Å². The summed E-state index contributed by atoms with van der Waals surface area (Å²) in [6.45, 7) is 4.15. The van der Waals surface area contributed by atoms with Gasteiger partial charge in [0.25, 0.3) is 0 Å². The van der Waals surface area contributed by atoms with Crippen molar-refractivity contribution in [2.75, 3.05) is 5.32 Å². The fourth-order valence-corrected chi connectivity index (χ4v) is 3.13. The summed E-state index contributed by atoms with van der Waals surface area (Å²) in [7, 11) is 0. The first-order valence-corrected chi connectivity index (χ1v) is 7.13. The normalized spacial score (nSPS) is 15.4. The van der Waals surface area contributed by atoms with E-state index in [4.69, 9.17) is 0 Å². The van der Waals surface area contributed by atoms with Gasteiger partial charge in [0.1, 0.15) is 17.2 Å². The molecule has 1 aliphatic carbocycles. The molecule has 1 N–H and O–H groups in total. The second-order valence-electron chi connectivity index (χ2n) is 4.69. The minimum Gasteiger partial charge on any atom is -0.361 e. The number of nitrogens with zero attached hydrogens (tertiary/aromatic N) is 3. The van der Waals surface area contributed by atoms with E-state index < -0.39 is 0 Å². The third kappa shape index (κ3) is 2.10. The Bertz CT molecular complexity index is 564. The Balaban J connectivity index is 1.83.